The summed E-state index contributed by atoms with van der Waals surface area (Å²) in [5.74, 6) is 0.590. The molecule has 0 N–H and O–H groups in total. The molecule has 5 nitrogen and oxygen atoms in total. The second-order valence-corrected chi connectivity index (χ2v) is 7.29. The van der Waals surface area contributed by atoms with Crippen LogP contribution in [0.5, 0.6) is 0 Å². The van der Waals surface area contributed by atoms with Gasteiger partial charge < -0.3 is 9.47 Å². The fourth-order valence-corrected chi connectivity index (χ4v) is 3.50. The van der Waals surface area contributed by atoms with Gasteiger partial charge in [0, 0.05) is 32.4 Å². The Morgan fingerprint density at radius 3 is 2.32 bits per heavy atom. The first-order chi connectivity index (χ1) is 13.3. The number of aromatic nitrogens is 3. The van der Waals surface area contributed by atoms with Gasteiger partial charge >= 0.3 is 6.18 Å². The number of pyridine rings is 1. The zero-order chi connectivity index (χ0) is 19.9. The number of benzene rings is 1. The summed E-state index contributed by atoms with van der Waals surface area (Å²) in [6.45, 7) is 8.00. The van der Waals surface area contributed by atoms with Crippen LogP contribution in [-0.2, 0) is 12.8 Å². The molecule has 4 rings (SSSR count). The minimum absolute atomic E-state index is 0.590. The summed E-state index contributed by atoms with van der Waals surface area (Å²) in [5, 5.41) is 0. The number of aryl methyl sites for hydroxylation is 2. The highest BCUT2D eigenvalue weighted by atomic mass is 19.4. The van der Waals surface area contributed by atoms with Crippen LogP contribution in [0.4, 0.5) is 19.0 Å². The standard InChI is InChI=1S/C20H22F3N5/c1-14-9-17-18(10-15(14)2)28(12-25-17)13-26-5-7-27(8-6-26)19-4-3-16(11-24-19)20(21,22)23/h3-4,9-12H,5-8,13H2,1-2H3. The van der Waals surface area contributed by atoms with Crippen molar-refractivity contribution in [3.8, 4) is 0 Å². The van der Waals surface area contributed by atoms with E-state index < -0.39 is 11.7 Å². The fraction of sp³-hybridized carbons (Fsp3) is 0.400. The maximum Gasteiger partial charge on any atom is 0.417 e. The van der Waals surface area contributed by atoms with E-state index in [-0.39, 0.29) is 0 Å². The van der Waals surface area contributed by atoms with E-state index in [1.165, 1.54) is 17.2 Å². The third kappa shape index (κ3) is 3.69. The Balaban J connectivity index is 1.40. The zero-order valence-electron chi connectivity index (χ0n) is 15.9. The molecule has 28 heavy (non-hydrogen) atoms. The van der Waals surface area contributed by atoms with Gasteiger partial charge in [-0.05, 0) is 49.2 Å². The van der Waals surface area contributed by atoms with Crippen molar-refractivity contribution < 1.29 is 13.2 Å². The zero-order valence-corrected chi connectivity index (χ0v) is 15.9. The van der Waals surface area contributed by atoms with Crippen LogP contribution in [0.25, 0.3) is 11.0 Å². The van der Waals surface area contributed by atoms with Crippen LogP contribution < -0.4 is 4.90 Å². The number of rotatable bonds is 3. The summed E-state index contributed by atoms with van der Waals surface area (Å²) in [4.78, 5) is 12.8. The summed E-state index contributed by atoms with van der Waals surface area (Å²) >= 11 is 0. The van der Waals surface area contributed by atoms with Gasteiger partial charge in [-0.2, -0.15) is 13.2 Å². The van der Waals surface area contributed by atoms with Crippen molar-refractivity contribution >= 4 is 16.9 Å². The number of anilines is 1. The number of piperazine rings is 1. The number of alkyl halides is 3. The van der Waals surface area contributed by atoms with Crippen LogP contribution in [-0.4, -0.2) is 45.6 Å². The van der Waals surface area contributed by atoms with Gasteiger partial charge in [0.25, 0.3) is 0 Å². The molecule has 0 aliphatic carbocycles. The summed E-state index contributed by atoms with van der Waals surface area (Å²) in [5.41, 5.74) is 3.88. The minimum atomic E-state index is -4.35. The Hall–Kier alpha value is -2.61. The highest BCUT2D eigenvalue weighted by Crippen LogP contribution is 2.29. The number of fused-ring (bicyclic) bond motifs is 1. The molecule has 1 saturated heterocycles. The van der Waals surface area contributed by atoms with Crippen LogP contribution >= 0.6 is 0 Å². The SMILES string of the molecule is Cc1cc2ncn(CN3CCN(c4ccc(C(F)(F)F)cn4)CC3)c2cc1C. The number of hydrogen-bond acceptors (Lipinski definition) is 4. The monoisotopic (exact) mass is 389 g/mol. The lowest BCUT2D eigenvalue weighted by Crippen LogP contribution is -2.47. The molecule has 0 radical (unpaired) electrons. The van der Waals surface area contributed by atoms with Gasteiger partial charge in [-0.1, -0.05) is 0 Å². The molecule has 1 fully saturated rings. The largest absolute Gasteiger partial charge is 0.417 e. The van der Waals surface area contributed by atoms with Crippen LogP contribution in [0.15, 0.2) is 36.8 Å². The molecule has 0 atom stereocenters. The van der Waals surface area contributed by atoms with Gasteiger partial charge in [0.15, 0.2) is 0 Å². The van der Waals surface area contributed by atoms with Crippen molar-refractivity contribution in [3.63, 3.8) is 0 Å². The van der Waals surface area contributed by atoms with Crippen molar-refractivity contribution in [2.45, 2.75) is 26.7 Å². The lowest BCUT2D eigenvalue weighted by atomic mass is 10.1. The Labute approximate surface area is 161 Å². The topological polar surface area (TPSA) is 37.2 Å². The van der Waals surface area contributed by atoms with E-state index in [1.807, 2.05) is 11.2 Å². The molecule has 1 aromatic carbocycles. The summed E-state index contributed by atoms with van der Waals surface area (Å²) in [7, 11) is 0. The summed E-state index contributed by atoms with van der Waals surface area (Å²) < 4.78 is 40.2. The predicted molar refractivity (Wildman–Crippen MR) is 102 cm³/mol. The third-order valence-corrected chi connectivity index (χ3v) is 5.36. The minimum Gasteiger partial charge on any atom is -0.354 e. The molecule has 1 aliphatic rings. The Morgan fingerprint density at radius 1 is 0.964 bits per heavy atom. The van der Waals surface area contributed by atoms with Crippen molar-refractivity contribution in [1.29, 1.82) is 0 Å². The maximum atomic E-state index is 12.7. The molecule has 0 unspecified atom stereocenters. The molecular weight excluding hydrogens is 367 g/mol. The van der Waals surface area contributed by atoms with Gasteiger partial charge in [0.1, 0.15) is 5.82 Å². The van der Waals surface area contributed by atoms with Crippen molar-refractivity contribution in [1.82, 2.24) is 19.4 Å². The fourth-order valence-electron chi connectivity index (χ4n) is 3.50. The van der Waals surface area contributed by atoms with E-state index in [9.17, 15) is 13.2 Å². The number of imidazole rings is 1. The number of nitrogens with zero attached hydrogens (tertiary/aromatic N) is 5. The summed E-state index contributed by atoms with van der Waals surface area (Å²) in [6, 6.07) is 6.82. The molecule has 3 aromatic rings. The third-order valence-electron chi connectivity index (χ3n) is 5.36. The van der Waals surface area contributed by atoms with Crippen molar-refractivity contribution in [2.75, 3.05) is 31.1 Å². The second kappa shape index (κ2) is 7.09. The number of hydrogen-bond donors (Lipinski definition) is 0. The Morgan fingerprint density at radius 2 is 1.68 bits per heavy atom. The van der Waals surface area contributed by atoms with E-state index in [0.717, 1.165) is 56.1 Å². The van der Waals surface area contributed by atoms with E-state index in [1.54, 1.807) is 0 Å². The molecule has 8 heteroatoms. The molecule has 0 bridgehead atoms. The molecule has 0 spiro atoms. The maximum absolute atomic E-state index is 12.7. The van der Waals surface area contributed by atoms with Crippen molar-refractivity contribution in [2.24, 2.45) is 0 Å². The molecular formula is C20H22F3N5. The van der Waals surface area contributed by atoms with Gasteiger partial charge in [0.2, 0.25) is 0 Å². The highest BCUT2D eigenvalue weighted by Gasteiger charge is 2.31. The van der Waals surface area contributed by atoms with Gasteiger partial charge in [-0.15, -0.1) is 0 Å². The van der Waals surface area contributed by atoms with Gasteiger partial charge in [-0.25, -0.2) is 9.97 Å². The van der Waals surface area contributed by atoms with E-state index in [0.29, 0.717) is 5.82 Å². The van der Waals surface area contributed by atoms with E-state index in [4.69, 9.17) is 0 Å². The highest BCUT2D eigenvalue weighted by molar-refractivity contribution is 5.77. The Bertz CT molecular complexity index is 970. The molecule has 0 amide bonds. The van der Waals surface area contributed by atoms with Crippen molar-refractivity contribution in [3.05, 3.63) is 53.5 Å². The van der Waals surface area contributed by atoms with E-state index >= 15 is 0 Å². The molecule has 2 aromatic heterocycles. The molecule has 1 aliphatic heterocycles. The Kier molecular flexibility index (Phi) is 4.74. The average molecular weight is 389 g/mol. The lowest BCUT2D eigenvalue weighted by molar-refractivity contribution is -0.137. The molecule has 3 heterocycles. The van der Waals surface area contributed by atoms with Gasteiger partial charge in [0.05, 0.1) is 29.6 Å². The first kappa shape index (κ1) is 18.7. The van der Waals surface area contributed by atoms with Crippen LogP contribution in [0.1, 0.15) is 16.7 Å². The van der Waals surface area contributed by atoms with E-state index in [2.05, 4.69) is 45.4 Å². The quantitative estimate of drug-likeness (QED) is 0.682. The first-order valence-electron chi connectivity index (χ1n) is 9.24. The first-order valence-corrected chi connectivity index (χ1v) is 9.24. The van der Waals surface area contributed by atoms with Crippen LogP contribution in [0.3, 0.4) is 0 Å². The second-order valence-electron chi connectivity index (χ2n) is 7.29. The van der Waals surface area contributed by atoms with Crippen LogP contribution in [0.2, 0.25) is 0 Å². The van der Waals surface area contributed by atoms with Crippen LogP contribution in [0, 0.1) is 13.8 Å². The smallest absolute Gasteiger partial charge is 0.354 e. The lowest BCUT2D eigenvalue weighted by Gasteiger charge is -2.35. The van der Waals surface area contributed by atoms with Gasteiger partial charge in [-0.3, -0.25) is 4.90 Å². The molecule has 0 saturated carbocycles. The predicted octanol–water partition coefficient (Wildman–Crippen LogP) is 3.85. The number of halogens is 3. The average Bonchev–Trinajstić information content (AvgIpc) is 3.04. The summed E-state index contributed by atoms with van der Waals surface area (Å²) in [6.07, 6.45) is -1.58. The normalized spacial score (nSPS) is 16.1. The molecule has 148 valence electrons.